The monoisotopic (exact) mass is 676 g/mol. The van der Waals surface area contributed by atoms with E-state index in [1.807, 2.05) is 54.6 Å². The maximum atomic E-state index is 14.7. The first-order valence-electron chi connectivity index (χ1n) is 15.2. The van der Waals surface area contributed by atoms with E-state index >= 15 is 0 Å². The van der Waals surface area contributed by atoms with E-state index in [1.165, 1.54) is 0 Å². The maximum Gasteiger partial charge on any atom is 0.250 e. The van der Waals surface area contributed by atoms with Gasteiger partial charge in [0.25, 0.3) is 0 Å². The molecule has 236 valence electrons. The lowest BCUT2D eigenvalue weighted by atomic mass is 9.70. The minimum atomic E-state index is -1.22. The molecule has 11 nitrogen and oxygen atoms in total. The van der Waals surface area contributed by atoms with Crippen molar-refractivity contribution in [1.82, 2.24) is 24.8 Å². The van der Waals surface area contributed by atoms with E-state index in [4.69, 9.17) is 4.74 Å². The van der Waals surface area contributed by atoms with Crippen LogP contribution in [0.15, 0.2) is 79.9 Å². The van der Waals surface area contributed by atoms with E-state index in [9.17, 15) is 19.5 Å². The van der Waals surface area contributed by atoms with Gasteiger partial charge in [0.1, 0.15) is 23.8 Å². The highest BCUT2D eigenvalue weighted by molar-refractivity contribution is 9.09. The Morgan fingerprint density at radius 2 is 1.80 bits per heavy atom. The Labute approximate surface area is 270 Å². The molecule has 3 fully saturated rings. The molecule has 3 amide bonds. The van der Waals surface area contributed by atoms with E-state index < -0.39 is 29.6 Å². The first kappa shape index (κ1) is 31.1. The molecule has 0 saturated carbocycles. The number of ether oxygens (including phenoxy) is 1. The fourth-order valence-electron chi connectivity index (χ4n) is 7.29. The highest BCUT2D eigenvalue weighted by Crippen LogP contribution is 2.60. The van der Waals surface area contributed by atoms with Gasteiger partial charge in [0.2, 0.25) is 17.7 Å². The summed E-state index contributed by atoms with van der Waals surface area (Å²) in [6.45, 7) is 8.50. The molecular formula is C33H37BrN6O5. The molecular weight excluding hydrogens is 640 g/mol. The normalized spacial score (nSPS) is 26.7. The van der Waals surface area contributed by atoms with Gasteiger partial charge >= 0.3 is 0 Å². The zero-order valence-corrected chi connectivity index (χ0v) is 26.5. The number of hydrogen-bond donors (Lipinski definition) is 1. The van der Waals surface area contributed by atoms with E-state index in [0.29, 0.717) is 30.5 Å². The number of halogens is 1. The predicted molar refractivity (Wildman–Crippen MR) is 172 cm³/mol. The van der Waals surface area contributed by atoms with Crippen molar-refractivity contribution in [3.63, 3.8) is 0 Å². The zero-order valence-electron chi connectivity index (χ0n) is 25.0. The van der Waals surface area contributed by atoms with Crippen molar-refractivity contribution in [2.45, 2.75) is 48.5 Å². The van der Waals surface area contributed by atoms with Gasteiger partial charge in [-0.3, -0.25) is 14.4 Å². The van der Waals surface area contributed by atoms with Gasteiger partial charge in [-0.1, -0.05) is 63.6 Å². The Bertz CT molecular complexity index is 1600. The molecule has 0 aliphatic carbocycles. The fraction of sp³-hybridized carbons (Fsp3) is 0.424. The number of aliphatic hydroxyl groups excluding tert-OH is 1. The summed E-state index contributed by atoms with van der Waals surface area (Å²) in [6.07, 6.45) is 4.06. The topological polar surface area (TPSA) is 121 Å². The molecule has 4 heterocycles. The number of rotatable bonds is 13. The summed E-state index contributed by atoms with van der Waals surface area (Å²) in [5, 5.41) is 18.0. The number of alkyl halides is 1. The van der Waals surface area contributed by atoms with Crippen LogP contribution in [0.4, 0.5) is 5.69 Å². The number of carbonyl (C=O) groups is 3. The minimum absolute atomic E-state index is 0.0338. The van der Waals surface area contributed by atoms with Gasteiger partial charge in [-0.2, -0.15) is 0 Å². The lowest BCUT2D eigenvalue weighted by Crippen LogP contribution is -2.57. The second-order valence-corrected chi connectivity index (χ2v) is 12.9. The number of unbranched alkanes of at least 4 members (excludes halogenated alkanes) is 1. The molecule has 1 aromatic heterocycles. The first-order chi connectivity index (χ1) is 21.9. The summed E-state index contributed by atoms with van der Waals surface area (Å²) >= 11 is 3.76. The Morgan fingerprint density at radius 1 is 1.07 bits per heavy atom. The minimum Gasteiger partial charge on any atom is -0.396 e. The third-order valence-electron chi connectivity index (χ3n) is 9.15. The Morgan fingerprint density at radius 3 is 2.53 bits per heavy atom. The third kappa shape index (κ3) is 5.28. The summed E-state index contributed by atoms with van der Waals surface area (Å²) in [6, 6.07) is 15.8. The van der Waals surface area contributed by atoms with Crippen LogP contribution in [0.2, 0.25) is 0 Å². The smallest absolute Gasteiger partial charge is 0.250 e. The van der Waals surface area contributed by atoms with Crippen molar-refractivity contribution in [3.8, 4) is 0 Å². The van der Waals surface area contributed by atoms with Crippen LogP contribution in [0.1, 0.15) is 19.3 Å². The van der Waals surface area contributed by atoms with Crippen LogP contribution in [0, 0.1) is 11.8 Å². The van der Waals surface area contributed by atoms with E-state index in [1.54, 1.807) is 31.5 Å². The molecule has 2 aromatic carbocycles. The van der Waals surface area contributed by atoms with Crippen LogP contribution >= 0.6 is 15.9 Å². The number of hydrogen-bond acceptors (Lipinski definition) is 7. The molecule has 3 aliphatic heterocycles. The number of amides is 3. The number of nitrogens with zero attached hydrogens (tertiary/aromatic N) is 6. The van der Waals surface area contributed by atoms with Crippen LogP contribution in [-0.2, 0) is 25.8 Å². The van der Waals surface area contributed by atoms with Crippen LogP contribution in [0.5, 0.6) is 0 Å². The van der Waals surface area contributed by atoms with Gasteiger partial charge in [0, 0.05) is 36.8 Å². The van der Waals surface area contributed by atoms with Gasteiger partial charge < -0.3 is 24.5 Å². The van der Waals surface area contributed by atoms with Crippen LogP contribution in [0.3, 0.4) is 0 Å². The molecule has 3 aromatic rings. The molecule has 6 atom stereocenters. The molecule has 6 rings (SSSR count). The predicted octanol–water partition coefficient (Wildman–Crippen LogP) is 3.14. The van der Waals surface area contributed by atoms with Crippen LogP contribution < -0.4 is 4.90 Å². The summed E-state index contributed by atoms with van der Waals surface area (Å²) in [5.74, 6) is -2.48. The van der Waals surface area contributed by atoms with Crippen molar-refractivity contribution >= 4 is 50.4 Å². The average molecular weight is 678 g/mol. The van der Waals surface area contributed by atoms with Crippen LogP contribution in [-0.4, -0.2) is 96.4 Å². The molecule has 1 spiro atoms. The second kappa shape index (κ2) is 12.9. The van der Waals surface area contributed by atoms with Crippen molar-refractivity contribution in [3.05, 3.63) is 79.9 Å². The Hall–Kier alpha value is -3.87. The van der Waals surface area contributed by atoms with Gasteiger partial charge in [-0.25, -0.2) is 4.68 Å². The number of benzene rings is 2. The molecule has 0 radical (unpaired) electrons. The third-order valence-corrected chi connectivity index (χ3v) is 9.99. The number of para-hydroxylation sites is 2. The number of aromatic nitrogens is 3. The molecule has 3 unspecified atom stereocenters. The maximum absolute atomic E-state index is 14.7. The van der Waals surface area contributed by atoms with Crippen molar-refractivity contribution in [2.75, 3.05) is 31.1 Å². The number of fused-ring (bicyclic) bond motifs is 2. The number of carbonyl (C=O) groups excluding carboxylic acids is 3. The van der Waals surface area contributed by atoms with Crippen molar-refractivity contribution < 1.29 is 24.2 Å². The molecule has 3 aliphatic rings. The molecule has 3 saturated heterocycles. The Kier molecular flexibility index (Phi) is 8.89. The summed E-state index contributed by atoms with van der Waals surface area (Å²) in [7, 11) is 0. The SMILES string of the molecule is C=CCN(Cn1nnc2ccccc21)C(=O)C1N(CCCCO)C(=O)[C@@H]2[C@H](C(=O)N(CC=C)c3ccccc3)[C@H]3OC12CC3Br. The molecule has 1 N–H and O–H groups in total. The van der Waals surface area contributed by atoms with E-state index in [2.05, 4.69) is 39.4 Å². The van der Waals surface area contributed by atoms with Gasteiger partial charge in [-0.05, 0) is 43.5 Å². The first-order valence-corrected chi connectivity index (χ1v) is 16.2. The molecule has 2 bridgehead atoms. The largest absolute Gasteiger partial charge is 0.396 e. The molecule has 45 heavy (non-hydrogen) atoms. The van der Waals surface area contributed by atoms with Gasteiger partial charge in [0.05, 0.1) is 23.5 Å². The summed E-state index contributed by atoms with van der Waals surface area (Å²) in [4.78, 5) is 48.2. The second-order valence-electron chi connectivity index (χ2n) is 11.8. The quantitative estimate of drug-likeness (QED) is 0.168. The molecule has 12 heteroatoms. The number of anilines is 1. The standard InChI is InChI=1S/C33H37BrN6O5/c1-3-16-37(21-40-25-15-9-8-14-24(25)35-36-40)32(44)29-33-20-23(34)28(45-33)26(27(33)31(43)39(29)18-10-11-19-41)30(42)38(17-4-2)22-12-6-5-7-13-22/h3-9,12-15,23,26-29,41H,1-2,10-11,16-21H2/t23?,26-,27-,28-,29?,33?/m0/s1. The fourth-order valence-corrected chi connectivity index (χ4v) is 8.24. The number of likely N-dealkylation sites (tertiary alicyclic amines) is 1. The average Bonchev–Trinajstić information content (AvgIpc) is 3.77. The summed E-state index contributed by atoms with van der Waals surface area (Å²) in [5.41, 5.74) is 0.950. The van der Waals surface area contributed by atoms with Crippen LogP contribution in [0.25, 0.3) is 11.0 Å². The van der Waals surface area contributed by atoms with Crippen molar-refractivity contribution in [2.24, 2.45) is 11.8 Å². The lowest BCUT2D eigenvalue weighted by molar-refractivity contribution is -0.149. The number of aliphatic hydroxyl groups is 1. The highest BCUT2D eigenvalue weighted by Gasteiger charge is 2.76. The summed E-state index contributed by atoms with van der Waals surface area (Å²) < 4.78 is 8.38. The van der Waals surface area contributed by atoms with Gasteiger partial charge in [0.15, 0.2) is 0 Å². The van der Waals surface area contributed by atoms with E-state index in [0.717, 1.165) is 5.52 Å². The Balaban J connectivity index is 1.38. The van der Waals surface area contributed by atoms with E-state index in [-0.39, 0.29) is 55.5 Å². The highest BCUT2D eigenvalue weighted by atomic mass is 79.9. The van der Waals surface area contributed by atoms with Crippen molar-refractivity contribution in [1.29, 1.82) is 0 Å². The lowest BCUT2D eigenvalue weighted by Gasteiger charge is -2.37. The zero-order chi connectivity index (χ0) is 31.7. The van der Waals surface area contributed by atoms with Gasteiger partial charge in [-0.15, -0.1) is 18.3 Å².